The zero-order valence-corrected chi connectivity index (χ0v) is 33.7. The molecule has 0 aliphatic carbocycles. The van der Waals surface area contributed by atoms with Gasteiger partial charge in [-0.05, 0) is 74.1 Å². The fourth-order valence-corrected chi connectivity index (χ4v) is 9.59. The number of aryl methyl sites for hydroxylation is 1. The molecule has 60 heavy (non-hydrogen) atoms. The zero-order valence-electron chi connectivity index (χ0n) is 35.7. The van der Waals surface area contributed by atoms with E-state index in [4.69, 9.17) is 8.48 Å². The molecule has 9 rings (SSSR count). The van der Waals surface area contributed by atoms with Crippen LogP contribution in [0.4, 0.5) is 30.4 Å². The normalized spacial score (nSPS) is 23.2. The van der Waals surface area contributed by atoms with Crippen molar-refractivity contribution in [2.45, 2.75) is 63.1 Å². The summed E-state index contributed by atoms with van der Waals surface area (Å²) in [5.41, 5.74) is 9.30. The molecule has 3 fully saturated rings. The Kier molecular flexibility index (Phi) is 10.3. The van der Waals surface area contributed by atoms with E-state index in [0.29, 0.717) is 84.7 Å². The summed E-state index contributed by atoms with van der Waals surface area (Å²) < 4.78 is 65.9. The SMILES string of the molecule is [2H]C1C=CN(c2c(F)cc3c(c(C)cn3C3CCN(CC4(F)CCN(C(=O)c5ccc(C6CCCN(c7cc(-c8ccccc8O)nnc7N)C6)cc5)CC4)CC3)c2F)[C@H]([2H])N1. The molecule has 3 aromatic carbocycles. The molecule has 0 spiro atoms. The van der Waals surface area contributed by atoms with E-state index in [1.165, 1.54) is 18.3 Å². The molecule has 6 heterocycles. The maximum absolute atomic E-state index is 16.4. The van der Waals surface area contributed by atoms with Crippen LogP contribution in [0.3, 0.4) is 0 Å². The lowest BCUT2D eigenvalue weighted by atomic mass is 9.89. The van der Waals surface area contributed by atoms with E-state index in [-0.39, 0.29) is 48.7 Å². The van der Waals surface area contributed by atoms with Gasteiger partial charge in [-0.3, -0.25) is 10.1 Å². The van der Waals surface area contributed by atoms with Gasteiger partial charge in [0.15, 0.2) is 17.5 Å². The average molecular weight is 822 g/mol. The molecule has 0 bridgehead atoms. The number of hydrogen-bond acceptors (Lipinski definition) is 9. The number of halogens is 3. The predicted octanol–water partition coefficient (Wildman–Crippen LogP) is 7.52. The molecular weight excluding hydrogens is 768 g/mol. The van der Waals surface area contributed by atoms with Gasteiger partial charge in [-0.15, -0.1) is 10.2 Å². The van der Waals surface area contributed by atoms with Crippen molar-refractivity contribution in [1.29, 1.82) is 0 Å². The van der Waals surface area contributed by atoms with Gasteiger partial charge < -0.3 is 35.0 Å². The van der Waals surface area contributed by atoms with Crippen LogP contribution in [-0.2, 0) is 0 Å². The second-order valence-electron chi connectivity index (χ2n) is 16.7. The summed E-state index contributed by atoms with van der Waals surface area (Å²) in [6.45, 7) is 3.50. The molecule has 2 unspecified atom stereocenters. The van der Waals surface area contributed by atoms with E-state index in [9.17, 15) is 9.90 Å². The maximum Gasteiger partial charge on any atom is 0.253 e. The van der Waals surface area contributed by atoms with Gasteiger partial charge in [0.05, 0.1) is 24.9 Å². The zero-order chi connectivity index (χ0) is 43.3. The van der Waals surface area contributed by atoms with E-state index in [1.54, 1.807) is 30.0 Å². The average Bonchev–Trinajstić information content (AvgIpc) is 3.60. The number of likely N-dealkylation sites (tertiary alicyclic amines) is 2. The fraction of sp³-hybridized carbons (Fsp3) is 0.413. The molecule has 11 nitrogen and oxygen atoms in total. The topological polar surface area (TPSA) is 119 Å². The lowest BCUT2D eigenvalue weighted by Gasteiger charge is -2.41. The van der Waals surface area contributed by atoms with Crippen molar-refractivity contribution in [1.82, 2.24) is 29.9 Å². The van der Waals surface area contributed by atoms with Crippen molar-refractivity contribution in [3.05, 3.63) is 107 Å². The summed E-state index contributed by atoms with van der Waals surface area (Å²) in [6, 6.07) is 18.0. The summed E-state index contributed by atoms with van der Waals surface area (Å²) >= 11 is 0. The number of phenolic OH excluding ortho intramolecular Hbond substituents is 1. The van der Waals surface area contributed by atoms with Crippen molar-refractivity contribution in [2.24, 2.45) is 0 Å². The summed E-state index contributed by atoms with van der Waals surface area (Å²) in [5.74, 6) is -0.944. The molecular formula is C46H52F3N9O2. The third kappa shape index (κ3) is 7.78. The highest BCUT2D eigenvalue weighted by atomic mass is 19.1. The Hall–Kier alpha value is -5.60. The van der Waals surface area contributed by atoms with Crippen LogP contribution < -0.4 is 20.9 Å². The van der Waals surface area contributed by atoms with Gasteiger partial charge in [0.1, 0.15) is 17.1 Å². The number of para-hydroxylation sites is 1. The Morgan fingerprint density at radius 2 is 1.78 bits per heavy atom. The molecule has 2 aromatic heterocycles. The van der Waals surface area contributed by atoms with Crippen LogP contribution in [-0.4, -0.2) is 100 Å². The number of alkyl halides is 1. The van der Waals surface area contributed by atoms with Gasteiger partial charge >= 0.3 is 0 Å². The smallest absolute Gasteiger partial charge is 0.253 e. The molecule has 3 saturated heterocycles. The second-order valence-corrected chi connectivity index (χ2v) is 16.7. The summed E-state index contributed by atoms with van der Waals surface area (Å²) in [4.78, 5) is 20.9. The number of amides is 1. The van der Waals surface area contributed by atoms with E-state index in [2.05, 4.69) is 25.3 Å². The van der Waals surface area contributed by atoms with Gasteiger partial charge in [0.25, 0.3) is 5.91 Å². The minimum Gasteiger partial charge on any atom is -0.507 e. The van der Waals surface area contributed by atoms with Crippen LogP contribution in [0.2, 0.25) is 0 Å². The van der Waals surface area contributed by atoms with Crippen molar-refractivity contribution < 1.29 is 25.8 Å². The third-order valence-electron chi connectivity index (χ3n) is 12.9. The van der Waals surface area contributed by atoms with Crippen LogP contribution in [0.1, 0.15) is 74.7 Å². The Morgan fingerprint density at radius 3 is 2.53 bits per heavy atom. The standard InChI is InChI=1S/C46H52F3N9O2/c1-30-26-58(38-24-36(47)43(42(48)41(30)38)57-19-5-17-51-29-57)34-13-20-54(21-14-34)28-46(49)15-22-55(23-16-46)45(60)32-11-9-31(10-12-32)33-6-4-18-56(27-33)39-25-37(52-53-44(39)50)35-7-2-3-8-40(35)59/h2-3,5,7-12,19,24-26,33-34,51,59H,4,6,13-18,20-23,27-29H2,1H3,(H2,50,53)/i17D,29D/t17?,29-,33?/m1/s1. The van der Waals surface area contributed by atoms with Crippen LogP contribution in [0.5, 0.6) is 5.75 Å². The monoisotopic (exact) mass is 821 g/mol. The molecule has 4 aliphatic heterocycles. The quantitative estimate of drug-likeness (QED) is 0.146. The maximum atomic E-state index is 16.4. The fourth-order valence-electron chi connectivity index (χ4n) is 9.59. The van der Waals surface area contributed by atoms with Crippen molar-refractivity contribution in [3.8, 4) is 17.0 Å². The van der Waals surface area contributed by atoms with E-state index < -0.39 is 30.5 Å². The Morgan fingerprint density at radius 1 is 1.02 bits per heavy atom. The van der Waals surface area contributed by atoms with Crippen LogP contribution >= 0.6 is 0 Å². The number of nitrogen functional groups attached to an aromatic ring is 1. The minimum absolute atomic E-state index is 0.0167. The highest BCUT2D eigenvalue weighted by molar-refractivity contribution is 5.94. The molecule has 5 aromatic rings. The molecule has 3 atom stereocenters. The van der Waals surface area contributed by atoms with Crippen molar-refractivity contribution in [3.63, 3.8) is 0 Å². The Labute approximate surface area is 351 Å². The summed E-state index contributed by atoms with van der Waals surface area (Å²) in [7, 11) is 0. The van der Waals surface area contributed by atoms with E-state index in [0.717, 1.165) is 35.5 Å². The molecule has 0 saturated carbocycles. The first-order valence-electron chi connectivity index (χ1n) is 22.0. The lowest BCUT2D eigenvalue weighted by Crippen LogP contribution is -2.51. The number of piperidine rings is 3. The molecule has 14 heteroatoms. The molecule has 314 valence electrons. The van der Waals surface area contributed by atoms with Crippen LogP contribution in [0, 0.1) is 18.6 Å². The minimum atomic E-state index is -1.43. The van der Waals surface area contributed by atoms with E-state index in [1.807, 2.05) is 47.2 Å². The number of nitrogens with zero attached hydrogens (tertiary/aromatic N) is 7. The number of carbonyl (C=O) groups excluding carboxylic acids is 1. The number of nitrogens with two attached hydrogens (primary N) is 1. The number of fused-ring (bicyclic) bond motifs is 1. The number of rotatable bonds is 8. The first-order valence-corrected chi connectivity index (χ1v) is 20.9. The van der Waals surface area contributed by atoms with Gasteiger partial charge in [-0.2, -0.15) is 0 Å². The number of aromatic hydroxyl groups is 1. The summed E-state index contributed by atoms with van der Waals surface area (Å²) in [6.07, 6.45) is 8.48. The highest BCUT2D eigenvalue weighted by Gasteiger charge is 2.39. The Bertz CT molecular complexity index is 2490. The number of hydrogen-bond donors (Lipinski definition) is 3. The molecule has 4 aliphatic rings. The summed E-state index contributed by atoms with van der Waals surface area (Å²) in [5, 5.41) is 21.8. The molecule has 1 amide bonds. The lowest BCUT2D eigenvalue weighted by molar-refractivity contribution is 0.0158. The second kappa shape index (κ2) is 16.5. The number of anilines is 3. The highest BCUT2D eigenvalue weighted by Crippen LogP contribution is 2.39. The van der Waals surface area contributed by atoms with Crippen LogP contribution in [0.25, 0.3) is 22.2 Å². The van der Waals surface area contributed by atoms with Crippen molar-refractivity contribution in [2.75, 3.05) is 74.5 Å². The molecule has 0 radical (unpaired) electrons. The number of benzene rings is 3. The van der Waals surface area contributed by atoms with Gasteiger partial charge in [0, 0.05) is 113 Å². The van der Waals surface area contributed by atoms with Crippen molar-refractivity contribution >= 4 is 34.0 Å². The first-order chi connectivity index (χ1) is 29.9. The first kappa shape index (κ1) is 37.4. The number of phenols is 1. The largest absolute Gasteiger partial charge is 0.507 e. The molecule has 4 N–H and O–H groups in total. The predicted molar refractivity (Wildman–Crippen MR) is 229 cm³/mol. The Balaban J connectivity index is 0.782. The number of nitrogens with one attached hydrogen (secondary N) is 1. The number of aromatic nitrogens is 3. The van der Waals surface area contributed by atoms with E-state index >= 15 is 13.2 Å². The van der Waals surface area contributed by atoms with Gasteiger partial charge in [0.2, 0.25) is 0 Å². The number of carbonyl (C=O) groups is 1. The van der Waals surface area contributed by atoms with Crippen LogP contribution in [0.15, 0.2) is 79.1 Å². The van der Waals surface area contributed by atoms with Gasteiger partial charge in [-0.25, -0.2) is 13.2 Å². The van der Waals surface area contributed by atoms with Gasteiger partial charge in [-0.1, -0.05) is 30.3 Å². The third-order valence-corrected chi connectivity index (χ3v) is 12.9.